The number of hydrogen-bond donors (Lipinski definition) is 1. The van der Waals surface area contributed by atoms with E-state index in [1.54, 1.807) is 0 Å². The molecule has 0 aliphatic heterocycles. The third kappa shape index (κ3) is 40.9. The number of esters is 2. The van der Waals surface area contributed by atoms with Gasteiger partial charge in [-0.3, -0.25) is 9.59 Å². The van der Waals surface area contributed by atoms with Crippen molar-refractivity contribution in [2.75, 3.05) is 13.2 Å². The number of carbonyl (C=O) groups excluding carboxylic acids is 2. The van der Waals surface area contributed by atoms with Crippen LogP contribution in [-0.2, 0) is 19.1 Å². The molecule has 0 aliphatic rings. The first-order chi connectivity index (χ1) is 25.6. The summed E-state index contributed by atoms with van der Waals surface area (Å²) in [5.41, 5.74) is 0. The highest BCUT2D eigenvalue weighted by Gasteiger charge is 2.16. The minimum atomic E-state index is -0.778. The standard InChI is InChI=1S/C47H86O5/c1-3-5-7-9-11-13-15-17-19-20-21-22-23-24-25-26-28-29-31-33-35-37-39-41-46(49)51-44-45(43-48)52-47(50)42-40-38-36-34-32-30-27-18-16-14-12-10-8-6-4-2/h6,8,12,14,18,27,45,48H,3-5,7,9-11,13,15-17,19-26,28-44H2,1-2H3/b8-6-,14-12-,27-18-. The largest absolute Gasteiger partial charge is 0.462 e. The molecule has 0 bridgehead atoms. The number of unbranched alkanes of at least 4 members (excludes halogenated alkanes) is 27. The predicted octanol–water partition coefficient (Wildman–Crippen LogP) is 14.4. The topological polar surface area (TPSA) is 72.8 Å². The van der Waals surface area contributed by atoms with Crippen LogP contribution in [0.25, 0.3) is 0 Å². The van der Waals surface area contributed by atoms with Crippen molar-refractivity contribution >= 4 is 11.9 Å². The molecular weight excluding hydrogens is 645 g/mol. The third-order valence-electron chi connectivity index (χ3n) is 9.95. The van der Waals surface area contributed by atoms with E-state index in [0.29, 0.717) is 12.8 Å². The Labute approximate surface area is 323 Å². The Bertz CT molecular complexity index is 832. The van der Waals surface area contributed by atoms with Crippen molar-refractivity contribution in [3.05, 3.63) is 36.5 Å². The van der Waals surface area contributed by atoms with Crippen molar-refractivity contribution in [2.45, 2.75) is 238 Å². The molecule has 5 nitrogen and oxygen atoms in total. The second kappa shape index (κ2) is 43.5. The Morgan fingerprint density at radius 1 is 0.462 bits per heavy atom. The van der Waals surface area contributed by atoms with Crippen molar-refractivity contribution in [2.24, 2.45) is 0 Å². The molecule has 0 aromatic heterocycles. The van der Waals surface area contributed by atoms with Crippen LogP contribution in [0.5, 0.6) is 0 Å². The lowest BCUT2D eigenvalue weighted by Gasteiger charge is -2.15. The molecule has 5 heteroatoms. The van der Waals surface area contributed by atoms with Gasteiger partial charge in [0.05, 0.1) is 6.61 Å². The van der Waals surface area contributed by atoms with Gasteiger partial charge in [0, 0.05) is 12.8 Å². The number of aliphatic hydroxyl groups is 1. The Morgan fingerprint density at radius 2 is 0.827 bits per heavy atom. The first-order valence-corrected chi connectivity index (χ1v) is 22.5. The van der Waals surface area contributed by atoms with Crippen LogP contribution in [0.1, 0.15) is 232 Å². The fourth-order valence-electron chi connectivity index (χ4n) is 6.57. The molecule has 0 spiro atoms. The quantitative estimate of drug-likeness (QED) is 0.0385. The Hall–Kier alpha value is -1.88. The lowest BCUT2D eigenvalue weighted by Crippen LogP contribution is -2.28. The van der Waals surface area contributed by atoms with Gasteiger partial charge in [-0.25, -0.2) is 0 Å². The molecule has 1 unspecified atom stereocenters. The van der Waals surface area contributed by atoms with E-state index >= 15 is 0 Å². The van der Waals surface area contributed by atoms with Gasteiger partial charge in [-0.2, -0.15) is 0 Å². The van der Waals surface area contributed by atoms with Crippen LogP contribution in [0, 0.1) is 0 Å². The molecule has 0 saturated heterocycles. The van der Waals surface area contributed by atoms with Gasteiger partial charge < -0.3 is 14.6 Å². The number of hydrogen-bond acceptors (Lipinski definition) is 5. The molecule has 0 aliphatic carbocycles. The van der Waals surface area contributed by atoms with Crippen molar-refractivity contribution in [3.63, 3.8) is 0 Å². The first-order valence-electron chi connectivity index (χ1n) is 22.5. The van der Waals surface area contributed by atoms with Gasteiger partial charge >= 0.3 is 11.9 Å². The fourth-order valence-corrected chi connectivity index (χ4v) is 6.57. The van der Waals surface area contributed by atoms with Gasteiger partial charge in [0.1, 0.15) is 6.61 Å². The monoisotopic (exact) mass is 731 g/mol. The summed E-state index contributed by atoms with van der Waals surface area (Å²) in [4.78, 5) is 24.3. The minimum absolute atomic E-state index is 0.0698. The lowest BCUT2D eigenvalue weighted by molar-refractivity contribution is -0.161. The van der Waals surface area contributed by atoms with Gasteiger partial charge in [0.25, 0.3) is 0 Å². The lowest BCUT2D eigenvalue weighted by atomic mass is 10.0. The average Bonchev–Trinajstić information content (AvgIpc) is 3.15. The number of allylic oxidation sites excluding steroid dienone is 6. The molecule has 1 atom stereocenters. The molecular formula is C47H86O5. The summed E-state index contributed by atoms with van der Waals surface area (Å²) >= 11 is 0. The summed E-state index contributed by atoms with van der Waals surface area (Å²) < 4.78 is 10.6. The molecule has 0 aromatic carbocycles. The summed E-state index contributed by atoms with van der Waals surface area (Å²) in [6.07, 6.45) is 53.7. The van der Waals surface area contributed by atoms with E-state index in [1.165, 1.54) is 135 Å². The summed E-state index contributed by atoms with van der Waals surface area (Å²) in [7, 11) is 0. The minimum Gasteiger partial charge on any atom is -0.462 e. The molecule has 0 heterocycles. The summed E-state index contributed by atoms with van der Waals surface area (Å²) in [6, 6.07) is 0. The van der Waals surface area contributed by atoms with Gasteiger partial charge in [-0.15, -0.1) is 0 Å². The van der Waals surface area contributed by atoms with E-state index in [4.69, 9.17) is 9.47 Å². The number of ether oxygens (including phenoxy) is 2. The maximum atomic E-state index is 12.2. The van der Waals surface area contributed by atoms with E-state index in [9.17, 15) is 14.7 Å². The van der Waals surface area contributed by atoms with Crippen molar-refractivity contribution in [3.8, 4) is 0 Å². The molecule has 0 rings (SSSR count). The summed E-state index contributed by atoms with van der Waals surface area (Å²) in [5.74, 6) is -0.602. The molecule has 0 fully saturated rings. The Balaban J connectivity index is 3.48. The third-order valence-corrected chi connectivity index (χ3v) is 9.95. The zero-order valence-corrected chi connectivity index (χ0v) is 34.6. The first kappa shape index (κ1) is 50.1. The van der Waals surface area contributed by atoms with Crippen LogP contribution in [0.2, 0.25) is 0 Å². The van der Waals surface area contributed by atoms with E-state index < -0.39 is 6.10 Å². The zero-order valence-electron chi connectivity index (χ0n) is 34.6. The molecule has 0 aromatic rings. The average molecular weight is 731 g/mol. The molecule has 1 N–H and O–H groups in total. The van der Waals surface area contributed by atoms with Crippen molar-refractivity contribution in [1.82, 2.24) is 0 Å². The van der Waals surface area contributed by atoms with Gasteiger partial charge in [0.2, 0.25) is 0 Å². The van der Waals surface area contributed by atoms with Gasteiger partial charge in [0.15, 0.2) is 6.10 Å². The SMILES string of the molecule is CC/C=C\C/C=C\C/C=C\CCCCCCCC(=O)OC(CO)COC(=O)CCCCCCCCCCCCCCCCCCCCCCCCC. The highest BCUT2D eigenvalue weighted by molar-refractivity contribution is 5.70. The van der Waals surface area contributed by atoms with Crippen LogP contribution in [-0.4, -0.2) is 36.4 Å². The second-order valence-corrected chi connectivity index (χ2v) is 15.1. The van der Waals surface area contributed by atoms with E-state index in [-0.39, 0.29) is 25.2 Å². The Morgan fingerprint density at radius 3 is 1.25 bits per heavy atom. The molecule has 304 valence electrons. The second-order valence-electron chi connectivity index (χ2n) is 15.1. The van der Waals surface area contributed by atoms with E-state index in [2.05, 4.69) is 50.3 Å². The summed E-state index contributed by atoms with van der Waals surface area (Å²) in [5, 5.41) is 9.58. The molecule has 0 saturated carbocycles. The maximum absolute atomic E-state index is 12.2. The highest BCUT2D eigenvalue weighted by atomic mass is 16.6. The Kier molecular flexibility index (Phi) is 42.0. The van der Waals surface area contributed by atoms with Crippen LogP contribution >= 0.6 is 0 Å². The predicted molar refractivity (Wildman–Crippen MR) is 224 cm³/mol. The van der Waals surface area contributed by atoms with Crippen LogP contribution in [0.3, 0.4) is 0 Å². The molecule has 52 heavy (non-hydrogen) atoms. The molecule has 0 amide bonds. The van der Waals surface area contributed by atoms with Gasteiger partial charge in [-0.1, -0.05) is 211 Å². The van der Waals surface area contributed by atoms with Crippen molar-refractivity contribution < 1.29 is 24.2 Å². The smallest absolute Gasteiger partial charge is 0.306 e. The van der Waals surface area contributed by atoms with Crippen LogP contribution in [0.4, 0.5) is 0 Å². The number of aliphatic hydroxyl groups excluding tert-OH is 1. The maximum Gasteiger partial charge on any atom is 0.306 e. The summed E-state index contributed by atoms with van der Waals surface area (Å²) in [6.45, 7) is 4.03. The number of rotatable bonds is 41. The van der Waals surface area contributed by atoms with E-state index in [1.807, 2.05) is 0 Å². The normalized spacial score (nSPS) is 12.4. The van der Waals surface area contributed by atoms with Crippen LogP contribution in [0.15, 0.2) is 36.5 Å². The van der Waals surface area contributed by atoms with Gasteiger partial charge in [-0.05, 0) is 44.9 Å². The van der Waals surface area contributed by atoms with E-state index in [0.717, 1.165) is 70.6 Å². The number of carbonyl (C=O) groups is 2. The molecule has 0 radical (unpaired) electrons. The van der Waals surface area contributed by atoms with Crippen molar-refractivity contribution in [1.29, 1.82) is 0 Å². The fraction of sp³-hybridized carbons (Fsp3) is 0.830. The highest BCUT2D eigenvalue weighted by Crippen LogP contribution is 2.16. The van der Waals surface area contributed by atoms with Crippen LogP contribution < -0.4 is 0 Å². The zero-order chi connectivity index (χ0) is 37.8.